The number of ether oxygens (including phenoxy) is 1. The quantitative estimate of drug-likeness (QED) is 0.639. The summed E-state index contributed by atoms with van der Waals surface area (Å²) in [5.41, 5.74) is 2.27. The van der Waals surface area contributed by atoms with Gasteiger partial charge in [0.15, 0.2) is 0 Å². The highest BCUT2D eigenvalue weighted by Crippen LogP contribution is 2.36. The smallest absolute Gasteiger partial charge is 0.388 e. The van der Waals surface area contributed by atoms with Crippen LogP contribution in [0.2, 0.25) is 0 Å². The molecule has 1 heterocycles. The number of nitrogens with zero attached hydrogens (tertiary/aromatic N) is 2. The second-order valence-electron chi connectivity index (χ2n) is 8.22. The van der Waals surface area contributed by atoms with Crippen LogP contribution in [0.15, 0.2) is 36.4 Å². The fourth-order valence-corrected chi connectivity index (χ4v) is 3.85. The number of para-hydroxylation sites is 1. The normalized spacial score (nSPS) is 17.6. The lowest BCUT2D eigenvalue weighted by Gasteiger charge is -2.43. The van der Waals surface area contributed by atoms with Gasteiger partial charge in [0.2, 0.25) is 11.8 Å². The number of alkyl halides is 2. The van der Waals surface area contributed by atoms with Crippen molar-refractivity contribution in [1.82, 2.24) is 10.3 Å². The number of aromatic nitrogens is 1. The molecule has 1 aliphatic carbocycles. The summed E-state index contributed by atoms with van der Waals surface area (Å²) in [5.74, 6) is -0.298. The van der Waals surface area contributed by atoms with Gasteiger partial charge < -0.3 is 15.4 Å². The van der Waals surface area contributed by atoms with E-state index in [0.29, 0.717) is 18.5 Å². The molecule has 1 fully saturated rings. The number of aryl methyl sites for hydroxylation is 1. The van der Waals surface area contributed by atoms with Crippen LogP contribution in [0.1, 0.15) is 50.8 Å². The van der Waals surface area contributed by atoms with Gasteiger partial charge in [-0.3, -0.25) is 9.69 Å². The third-order valence-corrected chi connectivity index (χ3v) is 5.36. The number of urea groups is 1. The molecule has 0 bridgehead atoms. The van der Waals surface area contributed by atoms with Crippen molar-refractivity contribution in [3.63, 3.8) is 0 Å². The minimum atomic E-state index is -3.07. The van der Waals surface area contributed by atoms with Gasteiger partial charge in [-0.05, 0) is 49.4 Å². The van der Waals surface area contributed by atoms with Crippen molar-refractivity contribution in [2.45, 2.75) is 65.1 Å². The Kier molecular flexibility index (Phi) is 7.27. The summed E-state index contributed by atoms with van der Waals surface area (Å²) in [7, 11) is 0. The van der Waals surface area contributed by atoms with E-state index >= 15 is 0 Å². The summed E-state index contributed by atoms with van der Waals surface area (Å²) in [5, 5.41) is 5.56. The van der Waals surface area contributed by atoms with E-state index in [1.165, 1.54) is 13.0 Å². The topological polar surface area (TPSA) is 83.6 Å². The van der Waals surface area contributed by atoms with E-state index in [9.17, 15) is 18.4 Å². The molecule has 0 atom stereocenters. The van der Waals surface area contributed by atoms with Gasteiger partial charge in [-0.2, -0.15) is 8.78 Å². The van der Waals surface area contributed by atoms with Gasteiger partial charge in [0.05, 0.1) is 0 Å². The van der Waals surface area contributed by atoms with Gasteiger partial charge in [0, 0.05) is 30.4 Å². The van der Waals surface area contributed by atoms with E-state index in [2.05, 4.69) is 20.4 Å². The first-order valence-corrected chi connectivity index (χ1v) is 10.5. The first kappa shape index (κ1) is 23.4. The van der Waals surface area contributed by atoms with Gasteiger partial charge in [-0.1, -0.05) is 32.0 Å². The highest BCUT2D eigenvalue weighted by Gasteiger charge is 2.38. The molecule has 0 unspecified atom stereocenters. The number of halogens is 2. The number of benzene rings is 1. The first-order valence-electron chi connectivity index (χ1n) is 10.5. The Morgan fingerprint density at radius 3 is 2.47 bits per heavy atom. The van der Waals surface area contributed by atoms with Crippen LogP contribution in [0.5, 0.6) is 5.88 Å². The molecule has 0 spiro atoms. The van der Waals surface area contributed by atoms with E-state index in [0.717, 1.165) is 11.3 Å². The van der Waals surface area contributed by atoms with Crippen LogP contribution in [0, 0.1) is 6.92 Å². The minimum absolute atomic E-state index is 0.0159. The van der Waals surface area contributed by atoms with Gasteiger partial charge in [0.1, 0.15) is 5.69 Å². The lowest BCUT2D eigenvalue weighted by atomic mass is 9.84. The van der Waals surface area contributed by atoms with E-state index in [1.807, 2.05) is 38.1 Å². The summed E-state index contributed by atoms with van der Waals surface area (Å²) in [6.45, 7) is 4.11. The monoisotopic (exact) mass is 446 g/mol. The third kappa shape index (κ3) is 5.52. The molecule has 3 rings (SSSR count). The van der Waals surface area contributed by atoms with Gasteiger partial charge in [0.25, 0.3) is 0 Å². The molecule has 3 amide bonds. The molecule has 1 aromatic heterocycles. The molecular formula is C23H28F2N4O3. The Balaban J connectivity index is 1.91. The molecule has 1 aliphatic rings. The summed E-state index contributed by atoms with van der Waals surface area (Å²) in [6, 6.07) is 10.0. The van der Waals surface area contributed by atoms with E-state index < -0.39 is 12.6 Å². The van der Waals surface area contributed by atoms with Crippen LogP contribution in [-0.4, -0.2) is 35.6 Å². The Labute approximate surface area is 186 Å². The van der Waals surface area contributed by atoms with Crippen LogP contribution in [0.3, 0.4) is 0 Å². The molecule has 2 N–H and O–H groups in total. The highest BCUT2D eigenvalue weighted by atomic mass is 19.3. The average molecular weight is 446 g/mol. The Hall–Kier alpha value is -3.23. The molecule has 32 heavy (non-hydrogen) atoms. The molecular weight excluding hydrogens is 418 g/mol. The maximum atomic E-state index is 13.4. The summed E-state index contributed by atoms with van der Waals surface area (Å²) < 4.78 is 30.2. The van der Waals surface area contributed by atoms with Gasteiger partial charge in [-0.15, -0.1) is 0 Å². The van der Waals surface area contributed by atoms with Crippen molar-refractivity contribution in [2.24, 2.45) is 0 Å². The van der Waals surface area contributed by atoms with Crippen molar-refractivity contribution in [3.05, 3.63) is 47.7 Å². The Morgan fingerprint density at radius 1 is 1.16 bits per heavy atom. The lowest BCUT2D eigenvalue weighted by molar-refractivity contribution is -0.120. The Morgan fingerprint density at radius 2 is 1.84 bits per heavy atom. The van der Waals surface area contributed by atoms with Gasteiger partial charge in [-0.25, -0.2) is 9.78 Å². The molecule has 1 aromatic carbocycles. The van der Waals surface area contributed by atoms with Crippen LogP contribution >= 0.6 is 0 Å². The molecule has 0 aliphatic heterocycles. The molecule has 1 saturated carbocycles. The average Bonchev–Trinajstić information content (AvgIpc) is 2.68. The fourth-order valence-electron chi connectivity index (χ4n) is 3.85. The molecule has 9 heteroatoms. The van der Waals surface area contributed by atoms with Crippen molar-refractivity contribution in [3.8, 4) is 5.88 Å². The SMILES string of the molecule is CC(=O)NC1CC(N(C(=O)Nc2ccc(C)nc2OC(F)F)c2ccccc2C(C)C)C1. The van der Waals surface area contributed by atoms with Crippen molar-refractivity contribution in [1.29, 1.82) is 0 Å². The summed E-state index contributed by atoms with van der Waals surface area (Å²) in [6.07, 6.45) is 1.18. The maximum Gasteiger partial charge on any atom is 0.388 e. The van der Waals surface area contributed by atoms with Crippen LogP contribution in [0.25, 0.3) is 0 Å². The largest absolute Gasteiger partial charge is 0.415 e. The van der Waals surface area contributed by atoms with E-state index in [4.69, 9.17) is 0 Å². The molecule has 2 aromatic rings. The zero-order chi connectivity index (χ0) is 23.4. The maximum absolute atomic E-state index is 13.4. The fraction of sp³-hybridized carbons (Fsp3) is 0.435. The summed E-state index contributed by atoms with van der Waals surface area (Å²) in [4.78, 5) is 30.4. The van der Waals surface area contributed by atoms with Crippen LogP contribution in [-0.2, 0) is 4.79 Å². The highest BCUT2D eigenvalue weighted by molar-refractivity contribution is 6.03. The lowest BCUT2D eigenvalue weighted by Crippen LogP contribution is -2.56. The number of hydrogen-bond donors (Lipinski definition) is 2. The minimum Gasteiger partial charge on any atom is -0.415 e. The number of carbonyl (C=O) groups excluding carboxylic acids is 2. The Bertz CT molecular complexity index is 977. The van der Waals surface area contributed by atoms with Crippen LogP contribution in [0.4, 0.5) is 25.0 Å². The zero-order valence-corrected chi connectivity index (χ0v) is 18.6. The third-order valence-electron chi connectivity index (χ3n) is 5.36. The first-order chi connectivity index (χ1) is 15.2. The van der Waals surface area contributed by atoms with Gasteiger partial charge >= 0.3 is 12.6 Å². The number of carbonyl (C=O) groups is 2. The molecule has 172 valence electrons. The van der Waals surface area contributed by atoms with Crippen LogP contribution < -0.4 is 20.3 Å². The number of rotatable bonds is 7. The van der Waals surface area contributed by atoms with Crippen molar-refractivity contribution in [2.75, 3.05) is 10.2 Å². The van der Waals surface area contributed by atoms with E-state index in [1.54, 1.807) is 17.9 Å². The predicted octanol–water partition coefficient (Wildman–Crippen LogP) is 4.82. The second-order valence-corrected chi connectivity index (χ2v) is 8.22. The standard InChI is InChI=1S/C23H28F2N4O3/c1-13(2)18-7-5-6-8-20(18)29(17-11-16(12-17)27-15(4)30)23(31)28-19-10-9-14(3)26-21(19)32-22(24)25/h5-10,13,16-17,22H,11-12H2,1-4H3,(H,27,30)(H,28,31). The molecule has 7 nitrogen and oxygen atoms in total. The van der Waals surface area contributed by atoms with Crippen molar-refractivity contribution >= 4 is 23.3 Å². The number of amides is 3. The number of anilines is 2. The predicted molar refractivity (Wildman–Crippen MR) is 118 cm³/mol. The molecule has 0 radical (unpaired) electrons. The number of pyridine rings is 1. The van der Waals surface area contributed by atoms with Crippen molar-refractivity contribution < 1.29 is 23.1 Å². The zero-order valence-electron chi connectivity index (χ0n) is 18.6. The second kappa shape index (κ2) is 9.93. The van der Waals surface area contributed by atoms with E-state index in [-0.39, 0.29) is 35.5 Å². The molecule has 0 saturated heterocycles. The summed E-state index contributed by atoms with van der Waals surface area (Å²) >= 11 is 0. The number of nitrogens with one attached hydrogen (secondary N) is 2. The number of hydrogen-bond acceptors (Lipinski definition) is 4.